The predicted molar refractivity (Wildman–Crippen MR) is 81.8 cm³/mol. The molecule has 2 aromatic heterocycles. The van der Waals surface area contributed by atoms with Crippen LogP contribution in [-0.4, -0.2) is 17.9 Å². The molecule has 0 bridgehead atoms. The molecule has 2 N–H and O–H groups in total. The van der Waals surface area contributed by atoms with Crippen molar-refractivity contribution in [3.05, 3.63) is 44.8 Å². The van der Waals surface area contributed by atoms with Crippen LogP contribution in [0.3, 0.4) is 0 Å². The summed E-state index contributed by atoms with van der Waals surface area (Å²) < 4.78 is 0. The smallest absolute Gasteiger partial charge is 0.309 e. The fourth-order valence-electron chi connectivity index (χ4n) is 1.73. The van der Waals surface area contributed by atoms with Gasteiger partial charge < -0.3 is 10.6 Å². The van der Waals surface area contributed by atoms with E-state index < -0.39 is 11.8 Å². The zero-order chi connectivity index (χ0) is 14.4. The Hall–Kier alpha value is -1.66. The van der Waals surface area contributed by atoms with E-state index in [-0.39, 0.29) is 6.04 Å². The summed E-state index contributed by atoms with van der Waals surface area (Å²) in [5, 5.41) is 9.25. The van der Waals surface area contributed by atoms with Crippen molar-refractivity contribution in [3.8, 4) is 0 Å². The van der Waals surface area contributed by atoms with Gasteiger partial charge in [-0.25, -0.2) is 0 Å². The van der Waals surface area contributed by atoms with E-state index in [9.17, 15) is 9.59 Å². The van der Waals surface area contributed by atoms with Crippen LogP contribution in [0.4, 0.5) is 0 Å². The summed E-state index contributed by atoms with van der Waals surface area (Å²) in [6.07, 6.45) is 0.738. The molecule has 2 heterocycles. The minimum atomic E-state index is -0.587. The van der Waals surface area contributed by atoms with Crippen molar-refractivity contribution >= 4 is 34.5 Å². The van der Waals surface area contributed by atoms with Gasteiger partial charge in [-0.05, 0) is 29.8 Å². The van der Waals surface area contributed by atoms with E-state index in [4.69, 9.17) is 0 Å². The van der Waals surface area contributed by atoms with Crippen LogP contribution in [0, 0.1) is 0 Å². The number of hydrogen-bond donors (Lipinski definition) is 2. The van der Waals surface area contributed by atoms with Crippen molar-refractivity contribution in [1.29, 1.82) is 0 Å². The molecule has 20 heavy (non-hydrogen) atoms. The number of thiophene rings is 2. The summed E-state index contributed by atoms with van der Waals surface area (Å²) in [7, 11) is 0. The quantitative estimate of drug-likeness (QED) is 0.832. The van der Waals surface area contributed by atoms with E-state index in [2.05, 4.69) is 10.6 Å². The maximum atomic E-state index is 11.7. The van der Waals surface area contributed by atoms with Crippen molar-refractivity contribution in [1.82, 2.24) is 10.6 Å². The molecule has 0 saturated carbocycles. The van der Waals surface area contributed by atoms with Crippen molar-refractivity contribution in [3.63, 3.8) is 0 Å². The van der Waals surface area contributed by atoms with Crippen molar-refractivity contribution < 1.29 is 9.59 Å². The molecule has 2 rings (SSSR count). The Morgan fingerprint density at radius 1 is 1.10 bits per heavy atom. The van der Waals surface area contributed by atoms with E-state index in [1.54, 1.807) is 22.7 Å². The van der Waals surface area contributed by atoms with Gasteiger partial charge in [-0.3, -0.25) is 9.59 Å². The van der Waals surface area contributed by atoms with Crippen LogP contribution in [0.25, 0.3) is 0 Å². The molecule has 4 nitrogen and oxygen atoms in total. The molecule has 0 unspecified atom stereocenters. The van der Waals surface area contributed by atoms with Crippen molar-refractivity contribution in [2.75, 3.05) is 0 Å². The molecule has 0 fully saturated rings. The molecule has 2 aromatic rings. The highest BCUT2D eigenvalue weighted by atomic mass is 32.1. The third-order valence-corrected chi connectivity index (χ3v) is 4.45. The van der Waals surface area contributed by atoms with Crippen LogP contribution in [-0.2, 0) is 22.6 Å². The first kappa shape index (κ1) is 14.7. The first-order valence-corrected chi connectivity index (χ1v) is 8.04. The van der Waals surface area contributed by atoms with Gasteiger partial charge in [0.1, 0.15) is 0 Å². The SMILES string of the molecule is C[C@H](Cc1cccs1)NC(=O)C(=O)NCc1cccs1. The molecule has 2 amide bonds. The third-order valence-electron chi connectivity index (χ3n) is 2.67. The Bertz CT molecular complexity index is 550. The zero-order valence-corrected chi connectivity index (χ0v) is 12.7. The standard InChI is InChI=1S/C14H16N2O2S2/c1-10(8-11-4-2-6-19-11)16-14(18)13(17)15-9-12-5-3-7-20-12/h2-7,10H,8-9H2,1H3,(H,15,17)(H,16,18)/t10-/m1/s1. The fourth-order valence-corrected chi connectivity index (χ4v) is 3.21. The van der Waals surface area contributed by atoms with Crippen molar-refractivity contribution in [2.24, 2.45) is 0 Å². The summed E-state index contributed by atoms with van der Waals surface area (Å²) >= 11 is 3.19. The first-order chi connectivity index (χ1) is 9.65. The van der Waals surface area contributed by atoms with Crippen LogP contribution in [0.15, 0.2) is 35.0 Å². The minimum absolute atomic E-state index is 0.0614. The van der Waals surface area contributed by atoms with Gasteiger partial charge in [0.25, 0.3) is 0 Å². The second kappa shape index (κ2) is 7.21. The lowest BCUT2D eigenvalue weighted by molar-refractivity contribution is -0.139. The van der Waals surface area contributed by atoms with Gasteiger partial charge in [0.15, 0.2) is 0 Å². The lowest BCUT2D eigenvalue weighted by atomic mass is 10.2. The monoisotopic (exact) mass is 308 g/mol. The zero-order valence-electron chi connectivity index (χ0n) is 11.1. The Kier molecular flexibility index (Phi) is 5.31. The largest absolute Gasteiger partial charge is 0.345 e. The molecule has 0 spiro atoms. The normalized spacial score (nSPS) is 11.8. The molecule has 0 aliphatic rings. The second-order valence-corrected chi connectivity index (χ2v) is 6.48. The molecule has 1 atom stereocenters. The van der Waals surface area contributed by atoms with Crippen LogP contribution < -0.4 is 10.6 Å². The highest BCUT2D eigenvalue weighted by Crippen LogP contribution is 2.11. The Labute approximate surface area is 125 Å². The predicted octanol–water partition coefficient (Wildman–Crippen LogP) is 2.17. The Balaban J connectivity index is 1.74. The van der Waals surface area contributed by atoms with E-state index in [0.29, 0.717) is 6.54 Å². The molecule has 0 radical (unpaired) electrons. The number of nitrogens with one attached hydrogen (secondary N) is 2. The molecule has 106 valence electrons. The number of hydrogen-bond acceptors (Lipinski definition) is 4. The molecule has 0 aromatic carbocycles. The van der Waals surface area contributed by atoms with Crippen LogP contribution >= 0.6 is 22.7 Å². The van der Waals surface area contributed by atoms with Gasteiger partial charge >= 0.3 is 11.8 Å². The average Bonchev–Trinajstić information content (AvgIpc) is 3.08. The summed E-state index contributed by atoms with van der Waals surface area (Å²) in [6.45, 7) is 2.29. The van der Waals surface area contributed by atoms with Crippen LogP contribution in [0.5, 0.6) is 0 Å². The second-order valence-electron chi connectivity index (χ2n) is 4.42. The minimum Gasteiger partial charge on any atom is -0.345 e. The van der Waals surface area contributed by atoms with Gasteiger partial charge in [-0.1, -0.05) is 12.1 Å². The van der Waals surface area contributed by atoms with Crippen LogP contribution in [0.1, 0.15) is 16.7 Å². The number of amides is 2. The lowest BCUT2D eigenvalue weighted by Crippen LogP contribution is -2.43. The van der Waals surface area contributed by atoms with Crippen molar-refractivity contribution in [2.45, 2.75) is 25.9 Å². The molecule has 0 aliphatic heterocycles. The number of carbonyl (C=O) groups excluding carboxylic acids is 2. The summed E-state index contributed by atoms with van der Waals surface area (Å²) in [4.78, 5) is 25.6. The average molecular weight is 308 g/mol. The number of rotatable bonds is 5. The van der Waals surface area contributed by atoms with Gasteiger partial charge in [0.2, 0.25) is 0 Å². The molecular weight excluding hydrogens is 292 g/mol. The summed E-state index contributed by atoms with van der Waals surface area (Å²) in [6, 6.07) is 7.76. The highest BCUT2D eigenvalue weighted by Gasteiger charge is 2.16. The molecule has 0 aliphatic carbocycles. The highest BCUT2D eigenvalue weighted by molar-refractivity contribution is 7.10. The van der Waals surface area contributed by atoms with Gasteiger partial charge in [-0.15, -0.1) is 22.7 Å². The van der Waals surface area contributed by atoms with E-state index in [0.717, 1.165) is 11.3 Å². The summed E-state index contributed by atoms with van der Waals surface area (Å²) in [5.41, 5.74) is 0. The third kappa shape index (κ3) is 4.47. The Morgan fingerprint density at radius 2 is 1.75 bits per heavy atom. The number of carbonyl (C=O) groups is 2. The van der Waals surface area contributed by atoms with E-state index in [1.807, 2.05) is 41.9 Å². The van der Waals surface area contributed by atoms with E-state index in [1.165, 1.54) is 4.88 Å². The molecule has 0 saturated heterocycles. The molecule has 6 heteroatoms. The van der Waals surface area contributed by atoms with E-state index >= 15 is 0 Å². The van der Waals surface area contributed by atoms with Gasteiger partial charge in [-0.2, -0.15) is 0 Å². The summed E-state index contributed by atoms with van der Waals surface area (Å²) in [5.74, 6) is -1.16. The van der Waals surface area contributed by atoms with Crippen LogP contribution in [0.2, 0.25) is 0 Å². The topological polar surface area (TPSA) is 58.2 Å². The Morgan fingerprint density at radius 3 is 2.35 bits per heavy atom. The fraction of sp³-hybridized carbons (Fsp3) is 0.286. The van der Waals surface area contributed by atoms with Gasteiger partial charge in [0.05, 0.1) is 6.54 Å². The first-order valence-electron chi connectivity index (χ1n) is 6.28. The maximum Gasteiger partial charge on any atom is 0.309 e. The van der Waals surface area contributed by atoms with Gasteiger partial charge in [0, 0.05) is 22.2 Å². The lowest BCUT2D eigenvalue weighted by Gasteiger charge is -2.12. The maximum absolute atomic E-state index is 11.7. The molecular formula is C14H16N2O2S2.